The first-order chi connectivity index (χ1) is 12.6. The lowest BCUT2D eigenvalue weighted by Crippen LogP contribution is -2.35. The largest absolute Gasteiger partial charge is 0.481 e. The summed E-state index contributed by atoms with van der Waals surface area (Å²) in [5, 5.41) is 37.0. The molecule has 0 aromatic rings. The minimum atomic E-state index is -1.57. The van der Waals surface area contributed by atoms with Crippen LogP contribution in [0.2, 0.25) is 0 Å². The molecule has 0 aromatic heterocycles. The Morgan fingerprint density at radius 2 is 1.11 bits per heavy atom. The van der Waals surface area contributed by atoms with E-state index < -0.39 is 35.7 Å². The minimum Gasteiger partial charge on any atom is -0.481 e. The van der Waals surface area contributed by atoms with Crippen molar-refractivity contribution < 1.29 is 39.6 Å². The molecular weight excluding hydrogens is 356 g/mol. The van der Waals surface area contributed by atoms with Crippen LogP contribution in [0, 0.1) is 29.6 Å². The molecule has 1 rings (SSSR count). The van der Waals surface area contributed by atoms with E-state index in [9.17, 15) is 39.6 Å². The average molecular weight is 386 g/mol. The van der Waals surface area contributed by atoms with Gasteiger partial charge in [-0.05, 0) is 30.6 Å². The summed E-state index contributed by atoms with van der Waals surface area (Å²) < 4.78 is 0. The molecule has 0 saturated heterocycles. The number of carboxylic acid groups (broad SMARTS) is 4. The smallest absolute Gasteiger partial charge is 0.317 e. The van der Waals surface area contributed by atoms with Gasteiger partial charge < -0.3 is 20.4 Å². The molecule has 8 nitrogen and oxygen atoms in total. The summed E-state index contributed by atoms with van der Waals surface area (Å²) in [6, 6.07) is 0. The van der Waals surface area contributed by atoms with E-state index in [4.69, 9.17) is 0 Å². The Bertz CT molecular complexity index is 516. The number of carbonyl (C=O) groups is 4. The van der Waals surface area contributed by atoms with Crippen LogP contribution in [0.15, 0.2) is 0 Å². The fraction of sp³-hybridized carbons (Fsp3) is 0.789. The van der Waals surface area contributed by atoms with Gasteiger partial charge in [0.15, 0.2) is 11.8 Å². The molecule has 3 unspecified atom stereocenters. The summed E-state index contributed by atoms with van der Waals surface area (Å²) in [5.74, 6) is -9.50. The third kappa shape index (κ3) is 7.19. The van der Waals surface area contributed by atoms with Crippen molar-refractivity contribution in [2.45, 2.75) is 64.7 Å². The summed E-state index contributed by atoms with van der Waals surface area (Å²) in [7, 11) is 0. The van der Waals surface area contributed by atoms with Crippen LogP contribution < -0.4 is 0 Å². The van der Waals surface area contributed by atoms with Crippen molar-refractivity contribution in [3.05, 3.63) is 0 Å². The van der Waals surface area contributed by atoms with Crippen LogP contribution in [-0.2, 0) is 19.2 Å². The van der Waals surface area contributed by atoms with E-state index >= 15 is 0 Å². The van der Waals surface area contributed by atoms with Crippen molar-refractivity contribution in [3.63, 3.8) is 0 Å². The normalized spacial score (nSPS) is 24.5. The monoisotopic (exact) mass is 386 g/mol. The van der Waals surface area contributed by atoms with Gasteiger partial charge >= 0.3 is 23.9 Å². The Balaban J connectivity index is 3.15. The van der Waals surface area contributed by atoms with E-state index in [0.29, 0.717) is 6.42 Å². The molecule has 154 valence electrons. The quantitative estimate of drug-likeness (QED) is 0.465. The van der Waals surface area contributed by atoms with Gasteiger partial charge in [-0.15, -0.1) is 0 Å². The first-order valence-corrected chi connectivity index (χ1v) is 9.56. The number of hydrogen-bond acceptors (Lipinski definition) is 4. The summed E-state index contributed by atoms with van der Waals surface area (Å²) in [5.41, 5.74) is 0. The van der Waals surface area contributed by atoms with Gasteiger partial charge in [0.25, 0.3) is 0 Å². The lowest BCUT2D eigenvalue weighted by atomic mass is 9.70. The van der Waals surface area contributed by atoms with Crippen LogP contribution in [0.25, 0.3) is 0 Å². The lowest BCUT2D eigenvalue weighted by Gasteiger charge is -2.35. The highest BCUT2D eigenvalue weighted by Crippen LogP contribution is 2.39. The molecule has 1 aliphatic carbocycles. The van der Waals surface area contributed by atoms with Gasteiger partial charge in [-0.1, -0.05) is 51.9 Å². The fourth-order valence-corrected chi connectivity index (χ4v) is 4.20. The van der Waals surface area contributed by atoms with E-state index in [1.54, 1.807) is 0 Å². The Labute approximate surface area is 158 Å². The van der Waals surface area contributed by atoms with Gasteiger partial charge in [-0.2, -0.15) is 0 Å². The van der Waals surface area contributed by atoms with E-state index in [2.05, 4.69) is 0 Å². The summed E-state index contributed by atoms with van der Waals surface area (Å²) in [6.45, 7) is 1.93. The van der Waals surface area contributed by atoms with E-state index in [1.165, 1.54) is 0 Å². The van der Waals surface area contributed by atoms with E-state index in [-0.39, 0.29) is 30.6 Å². The fourth-order valence-electron chi connectivity index (χ4n) is 4.20. The van der Waals surface area contributed by atoms with Crippen molar-refractivity contribution in [2.24, 2.45) is 29.6 Å². The molecule has 0 radical (unpaired) electrons. The second kappa shape index (κ2) is 10.9. The Morgan fingerprint density at radius 3 is 1.59 bits per heavy atom. The van der Waals surface area contributed by atoms with Gasteiger partial charge in [-0.25, -0.2) is 0 Å². The third-order valence-electron chi connectivity index (χ3n) is 5.81. The van der Waals surface area contributed by atoms with Crippen LogP contribution in [-0.4, -0.2) is 44.3 Å². The molecule has 0 bridgehead atoms. The van der Waals surface area contributed by atoms with Gasteiger partial charge in [0.05, 0.1) is 0 Å². The first kappa shape index (κ1) is 22.9. The zero-order chi connectivity index (χ0) is 20.6. The maximum Gasteiger partial charge on any atom is 0.317 e. The molecule has 1 fully saturated rings. The molecule has 27 heavy (non-hydrogen) atoms. The van der Waals surface area contributed by atoms with Crippen molar-refractivity contribution in [3.8, 4) is 0 Å². The maximum atomic E-state index is 11.4. The molecule has 0 spiro atoms. The predicted molar refractivity (Wildman–Crippen MR) is 95.2 cm³/mol. The van der Waals surface area contributed by atoms with E-state index in [0.717, 1.165) is 38.5 Å². The van der Waals surface area contributed by atoms with Crippen LogP contribution in [0.4, 0.5) is 0 Å². The minimum absolute atomic E-state index is 0.00228. The zero-order valence-electron chi connectivity index (χ0n) is 15.7. The van der Waals surface area contributed by atoms with Crippen molar-refractivity contribution in [1.82, 2.24) is 0 Å². The molecule has 0 amide bonds. The zero-order valence-corrected chi connectivity index (χ0v) is 15.7. The molecule has 1 aliphatic rings. The van der Waals surface area contributed by atoms with E-state index in [1.807, 2.05) is 6.92 Å². The number of aliphatic carboxylic acids is 4. The molecule has 8 heteroatoms. The summed E-state index contributed by atoms with van der Waals surface area (Å²) in [4.78, 5) is 45.4. The van der Waals surface area contributed by atoms with Crippen LogP contribution >= 0.6 is 0 Å². The van der Waals surface area contributed by atoms with Gasteiger partial charge in [-0.3, -0.25) is 19.2 Å². The summed E-state index contributed by atoms with van der Waals surface area (Å²) >= 11 is 0. The topological polar surface area (TPSA) is 149 Å². The lowest BCUT2D eigenvalue weighted by molar-refractivity contribution is -0.159. The SMILES string of the molecule is CC1CCCCCCCC(CC(C(=O)O)C(=O)O)C1CC(C(=O)O)C(=O)O. The molecule has 3 atom stereocenters. The van der Waals surface area contributed by atoms with Crippen molar-refractivity contribution >= 4 is 23.9 Å². The van der Waals surface area contributed by atoms with Gasteiger partial charge in [0.2, 0.25) is 0 Å². The van der Waals surface area contributed by atoms with Crippen LogP contribution in [0.5, 0.6) is 0 Å². The highest BCUT2D eigenvalue weighted by molar-refractivity contribution is 5.93. The van der Waals surface area contributed by atoms with Crippen LogP contribution in [0.3, 0.4) is 0 Å². The molecule has 0 heterocycles. The Kier molecular flexibility index (Phi) is 9.25. The second-order valence-corrected chi connectivity index (χ2v) is 7.68. The standard InChI is InChI=1S/C19H30O8/c1-11-7-5-3-2-4-6-8-12(9-14(16(20)21)17(22)23)13(11)10-15(18(24)25)19(26)27/h11-15H,2-10H2,1H3,(H,20,21)(H,22,23)(H,24,25)(H,26,27). The molecule has 0 aromatic carbocycles. The second-order valence-electron chi connectivity index (χ2n) is 7.68. The van der Waals surface area contributed by atoms with Crippen molar-refractivity contribution in [2.75, 3.05) is 0 Å². The number of carboxylic acids is 4. The average Bonchev–Trinajstić information content (AvgIpc) is 2.56. The molecule has 0 aliphatic heterocycles. The molecular formula is C19H30O8. The van der Waals surface area contributed by atoms with Crippen molar-refractivity contribution in [1.29, 1.82) is 0 Å². The summed E-state index contributed by atoms with van der Waals surface area (Å²) in [6.07, 6.45) is 5.95. The van der Waals surface area contributed by atoms with Crippen LogP contribution in [0.1, 0.15) is 64.7 Å². The number of rotatable bonds is 8. The predicted octanol–water partition coefficient (Wildman–Crippen LogP) is 2.95. The third-order valence-corrected chi connectivity index (χ3v) is 5.81. The highest BCUT2D eigenvalue weighted by Gasteiger charge is 2.38. The Hall–Kier alpha value is -2.12. The maximum absolute atomic E-state index is 11.4. The first-order valence-electron chi connectivity index (χ1n) is 9.56. The molecule has 1 saturated carbocycles. The number of hydrogen-bond donors (Lipinski definition) is 4. The highest BCUT2D eigenvalue weighted by atomic mass is 16.4. The Morgan fingerprint density at radius 1 is 0.704 bits per heavy atom. The van der Waals surface area contributed by atoms with Gasteiger partial charge in [0.1, 0.15) is 0 Å². The van der Waals surface area contributed by atoms with Gasteiger partial charge in [0, 0.05) is 0 Å². The molecule has 4 N–H and O–H groups in total.